The highest BCUT2D eigenvalue weighted by Crippen LogP contribution is 2.19. The molecule has 3 rings (SSSR count). The van der Waals surface area contributed by atoms with Gasteiger partial charge in [-0.2, -0.15) is 0 Å². The average molecular weight is 368 g/mol. The van der Waals surface area contributed by atoms with Gasteiger partial charge in [-0.3, -0.25) is 4.79 Å². The Balaban J connectivity index is 1.76. The minimum Gasteiger partial charge on any atom is -0.347 e. The van der Waals surface area contributed by atoms with Crippen LogP contribution in [0.5, 0.6) is 0 Å². The van der Waals surface area contributed by atoms with Gasteiger partial charge in [0.2, 0.25) is 5.95 Å². The van der Waals surface area contributed by atoms with Gasteiger partial charge < -0.3 is 10.6 Å². The van der Waals surface area contributed by atoms with Crippen molar-refractivity contribution in [1.82, 2.24) is 15.3 Å². The lowest BCUT2D eigenvalue weighted by molar-refractivity contribution is 0.0945. The van der Waals surface area contributed by atoms with Crippen molar-refractivity contribution < 1.29 is 13.6 Å². The third kappa shape index (κ3) is 4.63. The molecule has 0 aliphatic carbocycles. The van der Waals surface area contributed by atoms with Gasteiger partial charge in [-0.15, -0.1) is 0 Å². The molecule has 0 bridgehead atoms. The molecule has 0 aliphatic heterocycles. The van der Waals surface area contributed by atoms with Gasteiger partial charge in [-0.25, -0.2) is 18.7 Å². The summed E-state index contributed by atoms with van der Waals surface area (Å²) in [6.45, 7) is 4.03. The van der Waals surface area contributed by atoms with E-state index in [9.17, 15) is 13.6 Å². The van der Waals surface area contributed by atoms with E-state index < -0.39 is 11.6 Å². The number of aromatic nitrogens is 2. The maximum atomic E-state index is 13.8. The van der Waals surface area contributed by atoms with Crippen LogP contribution in [0.4, 0.5) is 20.4 Å². The van der Waals surface area contributed by atoms with Crippen LogP contribution in [0.2, 0.25) is 0 Å². The molecule has 0 atom stereocenters. The molecular weight excluding hydrogens is 350 g/mol. The maximum Gasteiger partial charge on any atom is 0.270 e. The van der Waals surface area contributed by atoms with Crippen molar-refractivity contribution in [2.24, 2.45) is 0 Å². The van der Waals surface area contributed by atoms with E-state index in [1.54, 1.807) is 13.0 Å². The van der Waals surface area contributed by atoms with E-state index >= 15 is 0 Å². The molecule has 138 valence electrons. The number of halogens is 2. The smallest absolute Gasteiger partial charge is 0.270 e. The Morgan fingerprint density at radius 3 is 2.56 bits per heavy atom. The number of carbonyl (C=O) groups is 1. The summed E-state index contributed by atoms with van der Waals surface area (Å²) in [4.78, 5) is 20.7. The molecule has 3 aromatic rings. The zero-order valence-electron chi connectivity index (χ0n) is 14.9. The first-order chi connectivity index (χ1) is 12.9. The first-order valence-electron chi connectivity index (χ1n) is 8.33. The lowest BCUT2D eigenvalue weighted by Gasteiger charge is -2.10. The van der Waals surface area contributed by atoms with Crippen LogP contribution in [0.15, 0.2) is 48.5 Å². The second kappa shape index (κ2) is 7.90. The first-order valence-corrected chi connectivity index (χ1v) is 8.33. The summed E-state index contributed by atoms with van der Waals surface area (Å²) in [7, 11) is 0. The highest BCUT2D eigenvalue weighted by Gasteiger charge is 2.12. The Labute approximate surface area is 155 Å². The molecule has 0 spiro atoms. The molecule has 7 heteroatoms. The number of hydrogen-bond donors (Lipinski definition) is 2. The highest BCUT2D eigenvalue weighted by molar-refractivity contribution is 5.92. The predicted molar refractivity (Wildman–Crippen MR) is 98.8 cm³/mol. The van der Waals surface area contributed by atoms with Crippen LogP contribution in [0.1, 0.15) is 27.3 Å². The SMILES string of the molecule is Cc1cc(C(=O)NCc2ccccc2C)nc(Nc2ccc(F)cc2F)n1. The first kappa shape index (κ1) is 18.4. The van der Waals surface area contributed by atoms with E-state index in [2.05, 4.69) is 20.6 Å². The van der Waals surface area contributed by atoms with Crippen LogP contribution < -0.4 is 10.6 Å². The molecule has 2 aromatic carbocycles. The maximum absolute atomic E-state index is 13.8. The standard InChI is InChI=1S/C20H18F2N4O/c1-12-5-3-4-6-14(12)11-23-19(27)18-9-13(2)24-20(26-18)25-17-8-7-15(21)10-16(17)22/h3-10H,11H2,1-2H3,(H,23,27)(H,24,25,26). The molecule has 1 heterocycles. The Hall–Kier alpha value is -3.35. The number of carbonyl (C=O) groups excluding carboxylic acids is 1. The van der Waals surface area contributed by atoms with Crippen LogP contribution in [0.3, 0.4) is 0 Å². The Morgan fingerprint density at radius 2 is 1.81 bits per heavy atom. The van der Waals surface area contributed by atoms with Crippen molar-refractivity contribution in [2.75, 3.05) is 5.32 Å². The summed E-state index contributed by atoms with van der Waals surface area (Å²) in [5, 5.41) is 5.49. The zero-order chi connectivity index (χ0) is 19.4. The topological polar surface area (TPSA) is 66.9 Å². The van der Waals surface area contributed by atoms with Crippen LogP contribution in [0, 0.1) is 25.5 Å². The number of aryl methyl sites for hydroxylation is 2. The van der Waals surface area contributed by atoms with Crippen LogP contribution in [-0.2, 0) is 6.54 Å². The quantitative estimate of drug-likeness (QED) is 0.713. The number of benzene rings is 2. The van der Waals surface area contributed by atoms with Gasteiger partial charge in [-0.05, 0) is 43.2 Å². The monoisotopic (exact) mass is 368 g/mol. The summed E-state index contributed by atoms with van der Waals surface area (Å²) >= 11 is 0. The second-order valence-corrected chi connectivity index (χ2v) is 6.08. The van der Waals surface area contributed by atoms with Gasteiger partial charge in [0, 0.05) is 18.3 Å². The van der Waals surface area contributed by atoms with Gasteiger partial charge in [0.1, 0.15) is 17.3 Å². The van der Waals surface area contributed by atoms with E-state index in [1.807, 2.05) is 31.2 Å². The van der Waals surface area contributed by atoms with Crippen LogP contribution in [0.25, 0.3) is 0 Å². The molecule has 0 unspecified atom stereocenters. The minimum absolute atomic E-state index is 0.0215. The van der Waals surface area contributed by atoms with Crippen molar-refractivity contribution in [3.05, 3.63) is 82.7 Å². The van der Waals surface area contributed by atoms with Crippen molar-refractivity contribution in [3.8, 4) is 0 Å². The Bertz CT molecular complexity index is 991. The number of amides is 1. The number of anilines is 2. The fourth-order valence-electron chi connectivity index (χ4n) is 2.53. The summed E-state index contributed by atoms with van der Waals surface area (Å²) in [5.41, 5.74) is 2.79. The minimum atomic E-state index is -0.773. The molecule has 1 amide bonds. The van der Waals surface area contributed by atoms with Gasteiger partial charge in [0.05, 0.1) is 5.69 Å². The lowest BCUT2D eigenvalue weighted by atomic mass is 10.1. The highest BCUT2D eigenvalue weighted by atomic mass is 19.1. The normalized spacial score (nSPS) is 10.5. The Kier molecular flexibility index (Phi) is 5.40. The molecule has 0 aliphatic rings. The fraction of sp³-hybridized carbons (Fsp3) is 0.150. The molecule has 0 fully saturated rings. The predicted octanol–water partition coefficient (Wildman–Crippen LogP) is 4.05. The lowest BCUT2D eigenvalue weighted by Crippen LogP contribution is -2.24. The molecule has 0 radical (unpaired) electrons. The van der Waals surface area contributed by atoms with E-state index in [0.29, 0.717) is 12.2 Å². The van der Waals surface area contributed by atoms with Gasteiger partial charge >= 0.3 is 0 Å². The average Bonchev–Trinajstić information content (AvgIpc) is 2.63. The number of hydrogen-bond acceptors (Lipinski definition) is 4. The third-order valence-electron chi connectivity index (χ3n) is 3.97. The molecule has 0 saturated heterocycles. The van der Waals surface area contributed by atoms with Gasteiger partial charge in [0.25, 0.3) is 5.91 Å². The van der Waals surface area contributed by atoms with Crippen molar-refractivity contribution >= 4 is 17.5 Å². The van der Waals surface area contributed by atoms with E-state index in [4.69, 9.17) is 0 Å². The fourth-order valence-corrected chi connectivity index (χ4v) is 2.53. The molecule has 0 saturated carbocycles. The molecular formula is C20H18F2N4O. The van der Waals surface area contributed by atoms with Gasteiger partial charge in [-0.1, -0.05) is 24.3 Å². The molecule has 27 heavy (non-hydrogen) atoms. The van der Waals surface area contributed by atoms with Crippen LogP contribution >= 0.6 is 0 Å². The van der Waals surface area contributed by atoms with Crippen molar-refractivity contribution in [3.63, 3.8) is 0 Å². The summed E-state index contributed by atoms with van der Waals surface area (Å²) in [6.07, 6.45) is 0. The van der Waals surface area contributed by atoms with E-state index in [0.717, 1.165) is 23.3 Å². The van der Waals surface area contributed by atoms with Gasteiger partial charge in [0.15, 0.2) is 0 Å². The summed E-state index contributed by atoms with van der Waals surface area (Å²) in [6, 6.07) is 12.4. The van der Waals surface area contributed by atoms with Crippen molar-refractivity contribution in [2.45, 2.75) is 20.4 Å². The van der Waals surface area contributed by atoms with E-state index in [-0.39, 0.29) is 23.2 Å². The summed E-state index contributed by atoms with van der Waals surface area (Å²) < 4.78 is 26.8. The van der Waals surface area contributed by atoms with Crippen LogP contribution in [-0.4, -0.2) is 15.9 Å². The Morgan fingerprint density at radius 1 is 1.04 bits per heavy atom. The van der Waals surface area contributed by atoms with Crippen molar-refractivity contribution in [1.29, 1.82) is 0 Å². The number of nitrogens with one attached hydrogen (secondary N) is 2. The second-order valence-electron chi connectivity index (χ2n) is 6.08. The summed E-state index contributed by atoms with van der Waals surface area (Å²) in [5.74, 6) is -1.77. The number of rotatable bonds is 5. The third-order valence-corrected chi connectivity index (χ3v) is 3.97. The molecule has 1 aromatic heterocycles. The largest absolute Gasteiger partial charge is 0.347 e. The molecule has 2 N–H and O–H groups in total. The number of nitrogens with zero attached hydrogens (tertiary/aromatic N) is 2. The van der Waals surface area contributed by atoms with E-state index in [1.165, 1.54) is 6.07 Å². The molecule has 5 nitrogen and oxygen atoms in total. The zero-order valence-corrected chi connectivity index (χ0v) is 14.9.